The zero-order chi connectivity index (χ0) is 12.7. The number of anilines is 2. The predicted molar refractivity (Wildman–Crippen MR) is 66.2 cm³/mol. The summed E-state index contributed by atoms with van der Waals surface area (Å²) < 4.78 is 0. The van der Waals surface area contributed by atoms with Gasteiger partial charge in [0.2, 0.25) is 0 Å². The Kier molecular flexibility index (Phi) is 2.13. The average molecular weight is 239 g/mol. The Morgan fingerprint density at radius 1 is 1.00 bits per heavy atom. The molecule has 18 heavy (non-hydrogen) atoms. The van der Waals surface area contributed by atoms with Crippen molar-refractivity contribution in [3.05, 3.63) is 53.7 Å². The molecule has 0 spiro atoms. The van der Waals surface area contributed by atoms with Crippen molar-refractivity contribution in [1.29, 1.82) is 0 Å². The maximum Gasteiger partial charge on any atom is 0.267 e. The second-order valence-corrected chi connectivity index (χ2v) is 3.94. The molecule has 0 fully saturated rings. The lowest BCUT2D eigenvalue weighted by atomic mass is 10.1. The summed E-state index contributed by atoms with van der Waals surface area (Å²) in [6, 6.07) is 9.74. The third-order valence-electron chi connectivity index (χ3n) is 2.79. The molecule has 0 saturated carbocycles. The van der Waals surface area contributed by atoms with E-state index in [2.05, 4.69) is 4.98 Å². The molecule has 2 N–H and O–H groups in total. The molecule has 2 heterocycles. The van der Waals surface area contributed by atoms with Crippen LogP contribution in [0.3, 0.4) is 0 Å². The van der Waals surface area contributed by atoms with Crippen LogP contribution in [0, 0.1) is 0 Å². The average Bonchev–Trinajstić information content (AvgIpc) is 2.63. The van der Waals surface area contributed by atoms with E-state index in [-0.39, 0.29) is 11.8 Å². The van der Waals surface area contributed by atoms with Crippen molar-refractivity contribution in [1.82, 2.24) is 4.98 Å². The second kappa shape index (κ2) is 3.66. The molecular formula is C13H9N3O2. The van der Waals surface area contributed by atoms with Gasteiger partial charge in [-0.2, -0.15) is 0 Å². The van der Waals surface area contributed by atoms with E-state index in [0.29, 0.717) is 22.6 Å². The first-order chi connectivity index (χ1) is 8.68. The van der Waals surface area contributed by atoms with Crippen LogP contribution in [0.5, 0.6) is 0 Å². The number of imide groups is 1. The Morgan fingerprint density at radius 3 is 2.50 bits per heavy atom. The van der Waals surface area contributed by atoms with Crippen molar-refractivity contribution in [3.63, 3.8) is 0 Å². The number of pyridine rings is 1. The summed E-state index contributed by atoms with van der Waals surface area (Å²) in [6.45, 7) is 0. The van der Waals surface area contributed by atoms with Crippen molar-refractivity contribution >= 4 is 23.3 Å². The number of nitrogens with zero attached hydrogens (tertiary/aromatic N) is 2. The summed E-state index contributed by atoms with van der Waals surface area (Å²) in [7, 11) is 0. The number of aromatic nitrogens is 1. The van der Waals surface area contributed by atoms with Crippen LogP contribution in [-0.4, -0.2) is 16.8 Å². The van der Waals surface area contributed by atoms with E-state index in [1.54, 1.807) is 30.3 Å². The Bertz CT molecular complexity index is 653. The molecular weight excluding hydrogens is 230 g/mol. The molecule has 0 unspecified atom stereocenters. The number of hydrogen-bond acceptors (Lipinski definition) is 4. The maximum atomic E-state index is 12.2. The van der Waals surface area contributed by atoms with Crippen molar-refractivity contribution in [3.8, 4) is 0 Å². The van der Waals surface area contributed by atoms with Crippen molar-refractivity contribution in [2.45, 2.75) is 0 Å². The minimum atomic E-state index is -0.388. The van der Waals surface area contributed by atoms with Gasteiger partial charge in [-0.05, 0) is 30.3 Å². The molecule has 0 aliphatic carbocycles. The largest absolute Gasteiger partial charge is 0.399 e. The van der Waals surface area contributed by atoms with E-state index >= 15 is 0 Å². The van der Waals surface area contributed by atoms with Crippen LogP contribution in [0.4, 0.5) is 11.5 Å². The van der Waals surface area contributed by atoms with Gasteiger partial charge in [-0.1, -0.05) is 6.07 Å². The van der Waals surface area contributed by atoms with Crippen LogP contribution in [0.1, 0.15) is 20.7 Å². The first kappa shape index (κ1) is 10.5. The van der Waals surface area contributed by atoms with E-state index in [4.69, 9.17) is 5.73 Å². The van der Waals surface area contributed by atoms with Gasteiger partial charge in [0.1, 0.15) is 5.82 Å². The number of carbonyl (C=O) groups excluding carboxylic acids is 2. The summed E-state index contributed by atoms with van der Waals surface area (Å²) in [5, 5.41) is 0. The number of nitrogens with two attached hydrogens (primary N) is 1. The zero-order valence-electron chi connectivity index (χ0n) is 9.33. The molecule has 0 radical (unpaired) electrons. The van der Waals surface area contributed by atoms with Gasteiger partial charge in [0.15, 0.2) is 0 Å². The van der Waals surface area contributed by atoms with Gasteiger partial charge in [-0.25, -0.2) is 9.88 Å². The smallest absolute Gasteiger partial charge is 0.267 e. The maximum absolute atomic E-state index is 12.2. The monoisotopic (exact) mass is 239 g/mol. The molecule has 5 nitrogen and oxygen atoms in total. The third kappa shape index (κ3) is 1.37. The molecule has 1 aromatic heterocycles. The summed E-state index contributed by atoms with van der Waals surface area (Å²) in [4.78, 5) is 29.4. The van der Waals surface area contributed by atoms with E-state index in [0.717, 1.165) is 4.90 Å². The minimum Gasteiger partial charge on any atom is -0.399 e. The fourth-order valence-corrected chi connectivity index (χ4v) is 1.95. The molecule has 2 aromatic rings. The lowest BCUT2D eigenvalue weighted by molar-refractivity contribution is 0.0925. The van der Waals surface area contributed by atoms with Gasteiger partial charge in [0.25, 0.3) is 11.8 Å². The van der Waals surface area contributed by atoms with Crippen LogP contribution in [0.25, 0.3) is 0 Å². The fraction of sp³-hybridized carbons (Fsp3) is 0. The van der Waals surface area contributed by atoms with Crippen molar-refractivity contribution in [2.24, 2.45) is 0 Å². The normalized spacial score (nSPS) is 13.9. The van der Waals surface area contributed by atoms with Gasteiger partial charge < -0.3 is 5.73 Å². The van der Waals surface area contributed by atoms with Crippen LogP contribution in [-0.2, 0) is 0 Å². The SMILES string of the molecule is Nc1ccc2c(c1)C(=O)N(c1ccccn1)C2=O. The Morgan fingerprint density at radius 2 is 1.78 bits per heavy atom. The van der Waals surface area contributed by atoms with E-state index in [1.807, 2.05) is 0 Å². The number of rotatable bonds is 1. The van der Waals surface area contributed by atoms with Crippen LogP contribution >= 0.6 is 0 Å². The number of benzene rings is 1. The quantitative estimate of drug-likeness (QED) is 0.603. The van der Waals surface area contributed by atoms with Gasteiger partial charge >= 0.3 is 0 Å². The van der Waals surface area contributed by atoms with Gasteiger partial charge in [-0.15, -0.1) is 0 Å². The molecule has 1 aromatic carbocycles. The fourth-order valence-electron chi connectivity index (χ4n) is 1.95. The Labute approximate surface area is 103 Å². The van der Waals surface area contributed by atoms with Gasteiger partial charge in [-0.3, -0.25) is 9.59 Å². The molecule has 88 valence electrons. The third-order valence-corrected chi connectivity index (χ3v) is 2.79. The van der Waals surface area contributed by atoms with Crippen LogP contribution in [0.15, 0.2) is 42.6 Å². The topological polar surface area (TPSA) is 76.3 Å². The summed E-state index contributed by atoms with van der Waals surface area (Å²) in [5.41, 5.74) is 6.77. The van der Waals surface area contributed by atoms with E-state index in [9.17, 15) is 9.59 Å². The number of fused-ring (bicyclic) bond motifs is 1. The molecule has 0 atom stereocenters. The Hall–Kier alpha value is -2.69. The van der Waals surface area contributed by atoms with Gasteiger partial charge in [0, 0.05) is 11.9 Å². The molecule has 0 saturated heterocycles. The summed E-state index contributed by atoms with van der Waals surface area (Å²) in [6.07, 6.45) is 1.53. The highest BCUT2D eigenvalue weighted by Crippen LogP contribution is 2.28. The molecule has 1 aliphatic rings. The molecule has 3 rings (SSSR count). The highest BCUT2D eigenvalue weighted by Gasteiger charge is 2.37. The minimum absolute atomic E-state index is 0.322. The lowest BCUT2D eigenvalue weighted by Gasteiger charge is -2.11. The van der Waals surface area contributed by atoms with Crippen LogP contribution in [0.2, 0.25) is 0 Å². The molecule has 1 aliphatic heterocycles. The standard InChI is InChI=1S/C13H9N3O2/c14-8-4-5-9-10(7-8)13(18)16(12(9)17)11-3-1-2-6-15-11/h1-7H,14H2. The van der Waals surface area contributed by atoms with Gasteiger partial charge in [0.05, 0.1) is 11.1 Å². The molecule has 5 heteroatoms. The number of nitrogen functional groups attached to an aromatic ring is 1. The first-order valence-corrected chi connectivity index (χ1v) is 5.38. The highest BCUT2D eigenvalue weighted by molar-refractivity contribution is 6.34. The second-order valence-electron chi connectivity index (χ2n) is 3.94. The number of hydrogen-bond donors (Lipinski definition) is 1. The summed E-state index contributed by atoms with van der Waals surface area (Å²) in [5.74, 6) is -0.433. The summed E-state index contributed by atoms with van der Waals surface area (Å²) >= 11 is 0. The van der Waals surface area contributed by atoms with E-state index in [1.165, 1.54) is 12.3 Å². The number of amides is 2. The predicted octanol–water partition coefficient (Wildman–Crippen LogP) is 1.46. The highest BCUT2D eigenvalue weighted by atomic mass is 16.2. The Balaban J connectivity index is 2.13. The van der Waals surface area contributed by atoms with Crippen LogP contribution < -0.4 is 10.6 Å². The van der Waals surface area contributed by atoms with E-state index < -0.39 is 0 Å². The lowest BCUT2D eigenvalue weighted by Crippen LogP contribution is -2.30. The first-order valence-electron chi connectivity index (χ1n) is 5.38. The zero-order valence-corrected chi connectivity index (χ0v) is 9.33. The molecule has 0 bridgehead atoms. The van der Waals surface area contributed by atoms with Crippen molar-refractivity contribution in [2.75, 3.05) is 10.6 Å². The molecule has 2 amide bonds. The number of carbonyl (C=O) groups is 2. The van der Waals surface area contributed by atoms with Crippen molar-refractivity contribution < 1.29 is 9.59 Å².